The Morgan fingerprint density at radius 2 is 1.62 bits per heavy atom. The van der Waals surface area contributed by atoms with Crippen LogP contribution in [0.1, 0.15) is 16.7 Å². The normalized spacial score (nSPS) is 11.8. The van der Waals surface area contributed by atoms with E-state index in [1.807, 2.05) is 61.5 Å². The van der Waals surface area contributed by atoms with Crippen LogP contribution in [-0.4, -0.2) is 65.2 Å². The topological polar surface area (TPSA) is 105 Å². The van der Waals surface area contributed by atoms with Crippen molar-refractivity contribution in [3.05, 3.63) is 89.5 Å². The zero-order valence-electron chi connectivity index (χ0n) is 22.9. The van der Waals surface area contributed by atoms with Gasteiger partial charge < -0.3 is 19.7 Å². The van der Waals surface area contributed by atoms with Crippen LogP contribution in [-0.2, 0) is 32.6 Å². The minimum atomic E-state index is -3.92. The molecule has 3 rings (SSSR count). The van der Waals surface area contributed by atoms with Gasteiger partial charge in [0.25, 0.3) is 0 Å². The van der Waals surface area contributed by atoms with Crippen LogP contribution in [0.4, 0.5) is 5.69 Å². The van der Waals surface area contributed by atoms with Gasteiger partial charge in [-0.05, 0) is 30.2 Å². The summed E-state index contributed by atoms with van der Waals surface area (Å²) in [5, 5.41) is 2.67. The number of methoxy groups -OCH3 is 2. The summed E-state index contributed by atoms with van der Waals surface area (Å²) in [4.78, 5) is 28.6. The fourth-order valence-electron chi connectivity index (χ4n) is 4.31. The summed E-state index contributed by atoms with van der Waals surface area (Å²) in [5.74, 6) is -0.193. The quantitative estimate of drug-likeness (QED) is 0.370. The number of sulfonamides is 1. The Morgan fingerprint density at radius 3 is 2.21 bits per heavy atom. The van der Waals surface area contributed by atoms with Crippen LogP contribution in [0.5, 0.6) is 11.5 Å². The number of hydrogen-bond donors (Lipinski definition) is 1. The Hall–Kier alpha value is -4.05. The molecule has 0 aliphatic carbocycles. The second-order valence-corrected chi connectivity index (χ2v) is 11.0. The van der Waals surface area contributed by atoms with Crippen molar-refractivity contribution in [3.8, 4) is 11.5 Å². The zero-order chi connectivity index (χ0) is 28.6. The Morgan fingerprint density at radius 1 is 0.923 bits per heavy atom. The number of hydrogen-bond acceptors (Lipinski definition) is 6. The average Bonchev–Trinajstić information content (AvgIpc) is 2.92. The van der Waals surface area contributed by atoms with Crippen LogP contribution < -0.4 is 19.1 Å². The maximum atomic E-state index is 14.0. The van der Waals surface area contributed by atoms with E-state index < -0.39 is 28.5 Å². The molecule has 0 aromatic heterocycles. The van der Waals surface area contributed by atoms with E-state index in [1.54, 1.807) is 12.1 Å². The van der Waals surface area contributed by atoms with Gasteiger partial charge in [-0.25, -0.2) is 8.42 Å². The molecule has 9 nitrogen and oxygen atoms in total. The standard InChI is InChI=1S/C29H35N3O6S/c1-21-10-9-13-23(16-21)19-31(26(29(34)30-2)17-22-11-7-6-8-12-22)28(33)20-32(39(5,35)36)25-15-14-24(37-3)18-27(25)38-4/h6-16,18,26H,17,19-20H2,1-5H3,(H,30,34)/t26-/m0/s1. The lowest BCUT2D eigenvalue weighted by molar-refractivity contribution is -0.139. The Kier molecular flexibility index (Phi) is 9.95. The summed E-state index contributed by atoms with van der Waals surface area (Å²) in [5.41, 5.74) is 2.87. The van der Waals surface area contributed by atoms with Crippen LogP contribution in [0, 0.1) is 6.92 Å². The van der Waals surface area contributed by atoms with Crippen molar-refractivity contribution in [1.29, 1.82) is 0 Å². The zero-order valence-corrected chi connectivity index (χ0v) is 23.7. The fourth-order valence-corrected chi connectivity index (χ4v) is 5.17. The summed E-state index contributed by atoms with van der Waals surface area (Å²) in [6.07, 6.45) is 1.28. The molecule has 0 fully saturated rings. The first kappa shape index (κ1) is 29.5. The largest absolute Gasteiger partial charge is 0.497 e. The van der Waals surface area contributed by atoms with E-state index in [4.69, 9.17) is 9.47 Å². The van der Waals surface area contributed by atoms with Crippen LogP contribution in [0.15, 0.2) is 72.8 Å². The van der Waals surface area contributed by atoms with Gasteiger partial charge in [0.1, 0.15) is 24.1 Å². The number of carbonyl (C=O) groups excluding carboxylic acids is 2. The van der Waals surface area contributed by atoms with Crippen LogP contribution in [0.25, 0.3) is 0 Å². The molecule has 0 bridgehead atoms. The Labute approximate surface area is 230 Å². The predicted molar refractivity (Wildman–Crippen MR) is 151 cm³/mol. The summed E-state index contributed by atoms with van der Waals surface area (Å²) in [6.45, 7) is 1.52. The molecule has 39 heavy (non-hydrogen) atoms. The van der Waals surface area contributed by atoms with Crippen molar-refractivity contribution in [1.82, 2.24) is 10.2 Å². The predicted octanol–water partition coefficient (Wildman–Crippen LogP) is 3.16. The van der Waals surface area contributed by atoms with Gasteiger partial charge in [0, 0.05) is 26.1 Å². The van der Waals surface area contributed by atoms with Crippen LogP contribution >= 0.6 is 0 Å². The maximum Gasteiger partial charge on any atom is 0.244 e. The number of carbonyl (C=O) groups is 2. The van der Waals surface area contributed by atoms with E-state index >= 15 is 0 Å². The minimum absolute atomic E-state index is 0.114. The van der Waals surface area contributed by atoms with Crippen molar-refractivity contribution in [2.24, 2.45) is 0 Å². The first-order chi connectivity index (χ1) is 18.6. The molecule has 0 aliphatic heterocycles. The SMILES string of the molecule is CNC(=O)[C@H](Cc1ccccc1)N(Cc1cccc(C)c1)C(=O)CN(c1ccc(OC)cc1OC)S(C)(=O)=O. The Balaban J connectivity index is 2.06. The molecule has 3 aromatic carbocycles. The first-order valence-corrected chi connectivity index (χ1v) is 14.2. The number of amides is 2. The molecular weight excluding hydrogens is 518 g/mol. The lowest BCUT2D eigenvalue weighted by Crippen LogP contribution is -2.52. The van der Waals surface area contributed by atoms with Crippen LogP contribution in [0.2, 0.25) is 0 Å². The molecule has 0 spiro atoms. The second-order valence-electron chi connectivity index (χ2n) is 9.14. The van der Waals surface area contributed by atoms with Gasteiger partial charge in [-0.15, -0.1) is 0 Å². The number of likely N-dealkylation sites (N-methyl/N-ethyl adjacent to an activating group) is 1. The van der Waals surface area contributed by atoms with E-state index in [0.717, 1.165) is 27.3 Å². The molecule has 0 aliphatic rings. The van der Waals surface area contributed by atoms with Crippen LogP contribution in [0.3, 0.4) is 0 Å². The van der Waals surface area contributed by atoms with Gasteiger partial charge >= 0.3 is 0 Å². The van der Waals surface area contributed by atoms with Gasteiger partial charge in [0.15, 0.2) is 0 Å². The lowest BCUT2D eigenvalue weighted by atomic mass is 10.0. The average molecular weight is 554 g/mol. The molecule has 0 saturated heterocycles. The summed E-state index contributed by atoms with van der Waals surface area (Å²) in [6, 6.07) is 20.8. The molecule has 0 saturated carbocycles. The van der Waals surface area contributed by atoms with E-state index in [2.05, 4.69) is 5.32 Å². The van der Waals surface area contributed by atoms with E-state index in [9.17, 15) is 18.0 Å². The van der Waals surface area contributed by atoms with Crippen molar-refractivity contribution in [2.45, 2.75) is 25.9 Å². The number of nitrogens with one attached hydrogen (secondary N) is 1. The molecule has 10 heteroatoms. The third-order valence-corrected chi connectivity index (χ3v) is 7.41. The molecule has 0 radical (unpaired) electrons. The van der Waals surface area contributed by atoms with Crippen molar-refractivity contribution in [2.75, 3.05) is 38.4 Å². The third-order valence-electron chi connectivity index (χ3n) is 6.29. The smallest absolute Gasteiger partial charge is 0.244 e. The minimum Gasteiger partial charge on any atom is -0.497 e. The molecule has 208 valence electrons. The molecule has 1 N–H and O–H groups in total. The van der Waals surface area contributed by atoms with Gasteiger partial charge in [0.05, 0.1) is 26.2 Å². The van der Waals surface area contributed by atoms with E-state index in [1.165, 1.54) is 32.2 Å². The monoisotopic (exact) mass is 553 g/mol. The summed E-state index contributed by atoms with van der Waals surface area (Å²) in [7, 11) is 0.486. The molecule has 0 unspecified atom stereocenters. The molecular formula is C29H35N3O6S. The summed E-state index contributed by atoms with van der Waals surface area (Å²) < 4.78 is 37.6. The molecule has 2 amide bonds. The Bertz CT molecular complexity index is 1400. The number of anilines is 1. The highest BCUT2D eigenvalue weighted by atomic mass is 32.2. The van der Waals surface area contributed by atoms with Gasteiger partial charge in [-0.2, -0.15) is 0 Å². The number of ether oxygens (including phenoxy) is 2. The van der Waals surface area contributed by atoms with Gasteiger partial charge in [-0.3, -0.25) is 13.9 Å². The lowest BCUT2D eigenvalue weighted by Gasteiger charge is -2.33. The molecule has 3 aromatic rings. The number of rotatable bonds is 12. The molecule has 1 atom stereocenters. The highest BCUT2D eigenvalue weighted by molar-refractivity contribution is 7.92. The van der Waals surface area contributed by atoms with E-state index in [0.29, 0.717) is 5.75 Å². The highest BCUT2D eigenvalue weighted by Crippen LogP contribution is 2.33. The number of nitrogens with zero attached hydrogens (tertiary/aromatic N) is 2. The van der Waals surface area contributed by atoms with Gasteiger partial charge in [-0.1, -0.05) is 60.2 Å². The highest BCUT2D eigenvalue weighted by Gasteiger charge is 2.33. The van der Waals surface area contributed by atoms with Crippen molar-refractivity contribution in [3.63, 3.8) is 0 Å². The van der Waals surface area contributed by atoms with E-state index in [-0.39, 0.29) is 30.3 Å². The third kappa shape index (κ3) is 7.73. The maximum absolute atomic E-state index is 14.0. The number of benzene rings is 3. The van der Waals surface area contributed by atoms with Gasteiger partial charge in [0.2, 0.25) is 21.8 Å². The second kappa shape index (κ2) is 13.1. The molecule has 0 heterocycles. The van der Waals surface area contributed by atoms with Crippen molar-refractivity contribution < 1.29 is 27.5 Å². The fraction of sp³-hybridized carbons (Fsp3) is 0.310. The number of aryl methyl sites for hydroxylation is 1. The summed E-state index contributed by atoms with van der Waals surface area (Å²) >= 11 is 0. The van der Waals surface area contributed by atoms with Crippen molar-refractivity contribution >= 4 is 27.5 Å². The first-order valence-electron chi connectivity index (χ1n) is 12.4.